The maximum absolute atomic E-state index is 12.1. The van der Waals surface area contributed by atoms with E-state index in [1.807, 2.05) is 20.5 Å². The van der Waals surface area contributed by atoms with Gasteiger partial charge in [0.15, 0.2) is 12.6 Å². The summed E-state index contributed by atoms with van der Waals surface area (Å²) in [5.74, 6) is 0.00167. The van der Waals surface area contributed by atoms with Crippen LogP contribution < -0.4 is 22.1 Å². The van der Waals surface area contributed by atoms with E-state index in [4.69, 9.17) is 20.7 Å². The number of amides is 2. The topological polar surface area (TPSA) is 196 Å². The van der Waals surface area contributed by atoms with Gasteiger partial charge in [-0.3, -0.25) is 14.6 Å². The molecule has 0 aliphatic carbocycles. The first-order chi connectivity index (χ1) is 17.0. The molecule has 0 aromatic carbocycles. The van der Waals surface area contributed by atoms with Gasteiger partial charge in [0.1, 0.15) is 11.5 Å². The number of hydrogen-bond donors (Lipinski definition) is 4. The summed E-state index contributed by atoms with van der Waals surface area (Å²) < 4.78 is 11.1. The van der Waals surface area contributed by atoms with Gasteiger partial charge < -0.3 is 31.4 Å². The second kappa shape index (κ2) is 16.6. The number of nitroso groups, excluding NO2 is 1. The van der Waals surface area contributed by atoms with Crippen molar-refractivity contribution < 1.29 is 18.8 Å². The third-order valence-electron chi connectivity index (χ3n) is 4.71. The van der Waals surface area contributed by atoms with Crippen LogP contribution in [0.3, 0.4) is 0 Å². The molecule has 1 aromatic rings. The second-order valence-corrected chi connectivity index (χ2v) is 10.5. The van der Waals surface area contributed by atoms with E-state index in [1.165, 1.54) is 6.20 Å². The van der Waals surface area contributed by atoms with Crippen LogP contribution in [0, 0.1) is 4.91 Å². The van der Waals surface area contributed by atoms with Gasteiger partial charge in [-0.05, 0) is 63.7 Å². The predicted octanol–water partition coefficient (Wildman–Crippen LogP) is 2.26. The molecular formula is C22H37N8O5P. The number of aromatic nitrogens is 1. The molecule has 0 spiro atoms. The van der Waals surface area contributed by atoms with E-state index in [0.717, 1.165) is 12.6 Å². The highest BCUT2D eigenvalue weighted by atomic mass is 31.1. The fourth-order valence-corrected chi connectivity index (χ4v) is 3.95. The number of nitrogens with two attached hydrogens (primary N) is 2. The van der Waals surface area contributed by atoms with E-state index in [-0.39, 0.29) is 48.7 Å². The first kappa shape index (κ1) is 31.0. The molecule has 6 N–H and O–H groups in total. The Labute approximate surface area is 212 Å². The smallest absolute Gasteiger partial charge is 0.224 e. The fourth-order valence-electron chi connectivity index (χ4n) is 2.73. The summed E-state index contributed by atoms with van der Waals surface area (Å²) in [6.07, 6.45) is 3.83. The minimum atomic E-state index is -0.714. The molecule has 0 fully saturated rings. The summed E-state index contributed by atoms with van der Waals surface area (Å²) in [5.41, 5.74) is 11.7. The van der Waals surface area contributed by atoms with Gasteiger partial charge in [0.25, 0.3) is 0 Å². The first-order valence-electron chi connectivity index (χ1n) is 11.5. The number of nitrogens with one attached hydrogen (secondary N) is 2. The Morgan fingerprint density at radius 2 is 1.89 bits per heavy atom. The average Bonchev–Trinajstić information content (AvgIpc) is 2.83. The fraction of sp³-hybridized carbons (Fsp3) is 0.591. The minimum absolute atomic E-state index is 0.103. The van der Waals surface area contributed by atoms with Crippen LogP contribution in [0.5, 0.6) is 0 Å². The Morgan fingerprint density at radius 3 is 2.53 bits per heavy atom. The van der Waals surface area contributed by atoms with Crippen molar-refractivity contribution in [2.24, 2.45) is 26.8 Å². The van der Waals surface area contributed by atoms with Gasteiger partial charge in [-0.15, -0.1) is 15.1 Å². The SMILES string of the molecule is C/C(N)=N/N=C(\N)c1ccc(NC(=O)CCCC(=O)NCCOC(C)(C)CCP(C)OCN=O)cn1. The lowest BCUT2D eigenvalue weighted by atomic mass is 10.1. The number of rotatable bonds is 17. The molecule has 1 unspecified atom stereocenters. The molecule has 0 bridgehead atoms. The second-order valence-electron chi connectivity index (χ2n) is 8.51. The number of anilines is 1. The van der Waals surface area contributed by atoms with Gasteiger partial charge in [-0.25, -0.2) is 0 Å². The molecule has 0 saturated carbocycles. The molecule has 1 atom stereocenters. The lowest BCUT2D eigenvalue weighted by molar-refractivity contribution is -0.122. The Bertz CT molecular complexity index is 904. The lowest BCUT2D eigenvalue weighted by Crippen LogP contribution is -2.32. The highest BCUT2D eigenvalue weighted by Crippen LogP contribution is 2.35. The molecule has 0 saturated heterocycles. The Kier molecular flexibility index (Phi) is 14.3. The lowest BCUT2D eigenvalue weighted by Gasteiger charge is -2.26. The zero-order chi connectivity index (χ0) is 27.0. The van der Waals surface area contributed by atoms with Gasteiger partial charge in [-0.2, -0.15) is 0 Å². The molecule has 13 nitrogen and oxygen atoms in total. The van der Waals surface area contributed by atoms with Crippen LogP contribution in [0.4, 0.5) is 5.69 Å². The van der Waals surface area contributed by atoms with Gasteiger partial charge in [0, 0.05) is 27.5 Å². The van der Waals surface area contributed by atoms with Gasteiger partial charge in [0.05, 0.1) is 24.1 Å². The van der Waals surface area contributed by atoms with Crippen LogP contribution >= 0.6 is 8.15 Å². The maximum Gasteiger partial charge on any atom is 0.224 e. The van der Waals surface area contributed by atoms with Crippen molar-refractivity contribution in [3.8, 4) is 0 Å². The number of nitrogens with zero attached hydrogens (tertiary/aromatic N) is 4. The van der Waals surface area contributed by atoms with Crippen molar-refractivity contribution in [2.75, 3.05) is 38.0 Å². The van der Waals surface area contributed by atoms with E-state index >= 15 is 0 Å². The summed E-state index contributed by atoms with van der Waals surface area (Å²) in [6.45, 7) is 8.09. The number of amidine groups is 2. The average molecular weight is 525 g/mol. The highest BCUT2D eigenvalue weighted by Gasteiger charge is 2.20. The quantitative estimate of drug-likeness (QED) is 0.0594. The Hall–Kier alpha value is -3.02. The molecule has 0 aliphatic rings. The van der Waals surface area contributed by atoms with Crippen molar-refractivity contribution in [3.05, 3.63) is 28.9 Å². The minimum Gasteiger partial charge on any atom is -0.386 e. The Morgan fingerprint density at radius 1 is 1.17 bits per heavy atom. The molecule has 200 valence electrons. The normalized spacial score (nSPS) is 13.2. The van der Waals surface area contributed by atoms with E-state index < -0.39 is 8.15 Å². The zero-order valence-electron chi connectivity index (χ0n) is 21.3. The summed E-state index contributed by atoms with van der Waals surface area (Å²) in [5, 5.41) is 15.6. The summed E-state index contributed by atoms with van der Waals surface area (Å²) in [4.78, 5) is 38.4. The summed E-state index contributed by atoms with van der Waals surface area (Å²) in [6, 6.07) is 3.25. The molecular weight excluding hydrogens is 487 g/mol. The van der Waals surface area contributed by atoms with Crippen molar-refractivity contribution in [2.45, 2.75) is 52.1 Å². The summed E-state index contributed by atoms with van der Waals surface area (Å²) in [7, 11) is -0.714. The van der Waals surface area contributed by atoms with E-state index in [9.17, 15) is 14.5 Å². The van der Waals surface area contributed by atoms with Crippen LogP contribution in [0.1, 0.15) is 52.1 Å². The third-order valence-corrected chi connectivity index (χ3v) is 6.12. The summed E-state index contributed by atoms with van der Waals surface area (Å²) >= 11 is 0. The van der Waals surface area contributed by atoms with Gasteiger partial charge in [-0.1, -0.05) is 0 Å². The van der Waals surface area contributed by atoms with Crippen molar-refractivity contribution in [1.82, 2.24) is 10.3 Å². The van der Waals surface area contributed by atoms with Crippen LogP contribution in [-0.4, -0.2) is 66.8 Å². The molecule has 36 heavy (non-hydrogen) atoms. The van der Waals surface area contributed by atoms with Crippen molar-refractivity contribution >= 4 is 37.3 Å². The highest BCUT2D eigenvalue weighted by molar-refractivity contribution is 7.51. The number of ether oxygens (including phenoxy) is 1. The number of carbonyl (C=O) groups excluding carboxylic acids is 2. The molecule has 2 amide bonds. The monoisotopic (exact) mass is 524 g/mol. The molecule has 1 rings (SSSR count). The molecule has 0 aliphatic heterocycles. The number of hydrogen-bond acceptors (Lipinski definition) is 9. The molecule has 14 heteroatoms. The van der Waals surface area contributed by atoms with Gasteiger partial charge >= 0.3 is 0 Å². The maximum atomic E-state index is 12.1. The van der Waals surface area contributed by atoms with E-state index in [2.05, 4.69) is 31.0 Å². The standard InChI is InChI=1S/C22H37N8O5P/c1-16(23)29-30-21(24)18-9-8-17(14-26-18)28-20(32)7-5-6-19(31)25-11-12-34-22(2,3)10-13-36(4)35-15-27-33/h8-9,14H,5-7,10-13,15H2,1-4H3,(H2,23,29)(H2,24,30)(H,25,31)(H,28,32). The number of pyridine rings is 1. The molecule has 0 radical (unpaired) electrons. The predicted molar refractivity (Wildman–Crippen MR) is 142 cm³/mol. The van der Waals surface area contributed by atoms with Crippen molar-refractivity contribution in [3.63, 3.8) is 0 Å². The zero-order valence-corrected chi connectivity index (χ0v) is 22.2. The Balaban J connectivity index is 2.24. The van der Waals surface area contributed by atoms with Crippen LogP contribution in [0.15, 0.2) is 33.7 Å². The molecule has 1 heterocycles. The van der Waals surface area contributed by atoms with Crippen LogP contribution in [-0.2, 0) is 18.8 Å². The molecule has 1 aromatic heterocycles. The third kappa shape index (κ3) is 14.4. The number of carbonyl (C=O) groups is 2. The van der Waals surface area contributed by atoms with E-state index in [0.29, 0.717) is 31.0 Å². The van der Waals surface area contributed by atoms with Crippen LogP contribution in [0.25, 0.3) is 0 Å². The largest absolute Gasteiger partial charge is 0.386 e. The van der Waals surface area contributed by atoms with Crippen molar-refractivity contribution in [1.29, 1.82) is 0 Å². The van der Waals surface area contributed by atoms with Crippen LogP contribution in [0.2, 0.25) is 0 Å². The first-order valence-corrected chi connectivity index (χ1v) is 13.3. The van der Waals surface area contributed by atoms with E-state index in [1.54, 1.807) is 19.1 Å². The van der Waals surface area contributed by atoms with Gasteiger partial charge in [0.2, 0.25) is 11.8 Å².